The number of esters is 3. The Kier molecular flexibility index (Phi) is 37.2. The highest BCUT2D eigenvalue weighted by Crippen LogP contribution is 1.89. The van der Waals surface area contributed by atoms with Gasteiger partial charge in [-0.2, -0.15) is 0 Å². The highest BCUT2D eigenvalue weighted by Gasteiger charge is 2.08. The quantitative estimate of drug-likeness (QED) is 0.0623. The van der Waals surface area contributed by atoms with Gasteiger partial charge in [0.25, 0.3) is 0 Å². The normalized spacial score (nSPS) is 10.4. The molecule has 0 N–H and O–H groups in total. The maximum atomic E-state index is 10.6. The average molecular weight is 668 g/mol. The lowest BCUT2D eigenvalue weighted by Gasteiger charge is -2.07. The molecule has 0 aliphatic carbocycles. The standard InChI is InChI=1S/2C6H12O6S.C5H10O6S.3CH4/c1-2-12-6(7)5-11-3-4-13(8,9)10;1-2-3-11-5-12-6(7)4-13(8,9)10;1-2-10-4-11-5(6)3-12(7,8)9;;;/h2*2-5H2,1H3,(H,8,9,10);2-4H2,1H3,(H,7,8,9);3*1H4/p-3. The van der Waals surface area contributed by atoms with E-state index in [1.165, 1.54) is 0 Å². The van der Waals surface area contributed by atoms with Crippen LogP contribution in [-0.2, 0) is 73.2 Å². The monoisotopic (exact) mass is 667 g/mol. The van der Waals surface area contributed by atoms with Crippen molar-refractivity contribution in [1.29, 1.82) is 0 Å². The zero-order valence-electron chi connectivity index (χ0n) is 20.9. The van der Waals surface area contributed by atoms with Crippen molar-refractivity contribution in [2.75, 3.05) is 63.9 Å². The summed E-state index contributed by atoms with van der Waals surface area (Å²) in [6.07, 6.45) is 0.761. The molecule has 0 fully saturated rings. The fourth-order valence-corrected chi connectivity index (χ4v) is 2.46. The molecule has 0 aromatic heterocycles. The molecule has 0 saturated carbocycles. The van der Waals surface area contributed by atoms with Gasteiger partial charge in [0.15, 0.2) is 13.6 Å². The Bertz CT molecular complexity index is 975. The molecule has 18 nitrogen and oxygen atoms in total. The molecule has 0 heterocycles. The van der Waals surface area contributed by atoms with Crippen molar-refractivity contribution in [3.05, 3.63) is 0 Å². The van der Waals surface area contributed by atoms with Gasteiger partial charge in [-0.05, 0) is 20.3 Å². The number of hydrogen-bond donors (Lipinski definition) is 0. The van der Waals surface area contributed by atoms with Gasteiger partial charge in [0, 0.05) is 6.61 Å². The molecule has 0 rings (SSSR count). The number of carbonyl (C=O) groups is 3. The molecule has 0 atom stereocenters. The predicted octanol–water partition coefficient (Wildman–Crippen LogP) is -0.453. The van der Waals surface area contributed by atoms with E-state index >= 15 is 0 Å². The van der Waals surface area contributed by atoms with Crippen LogP contribution in [0.4, 0.5) is 0 Å². The van der Waals surface area contributed by atoms with E-state index < -0.39 is 65.5 Å². The van der Waals surface area contributed by atoms with Crippen LogP contribution in [0.1, 0.15) is 49.5 Å². The number of ether oxygens (including phenoxy) is 6. The summed E-state index contributed by atoms with van der Waals surface area (Å²) in [7, 11) is -13.3. The summed E-state index contributed by atoms with van der Waals surface area (Å²) in [5, 5.41) is 0. The Balaban J connectivity index is -0.000000108. The van der Waals surface area contributed by atoms with Crippen LogP contribution in [0.2, 0.25) is 0 Å². The summed E-state index contributed by atoms with van der Waals surface area (Å²) in [6.45, 7) is 4.92. The van der Waals surface area contributed by atoms with Gasteiger partial charge in [0.2, 0.25) is 0 Å². The van der Waals surface area contributed by atoms with Crippen molar-refractivity contribution in [2.24, 2.45) is 0 Å². The van der Waals surface area contributed by atoms with Crippen LogP contribution < -0.4 is 0 Å². The predicted molar refractivity (Wildman–Crippen MR) is 141 cm³/mol. The first-order valence-corrected chi connectivity index (χ1v) is 15.1. The highest BCUT2D eigenvalue weighted by molar-refractivity contribution is 7.86. The zero-order chi connectivity index (χ0) is 30.3. The second kappa shape index (κ2) is 29.5. The second-order valence-electron chi connectivity index (χ2n) is 6.19. The van der Waals surface area contributed by atoms with Gasteiger partial charge < -0.3 is 42.1 Å². The zero-order valence-corrected chi connectivity index (χ0v) is 23.3. The third kappa shape index (κ3) is 54.7. The number of carbonyl (C=O) groups excluding carboxylic acids is 3. The maximum absolute atomic E-state index is 10.6. The molecule has 21 heteroatoms. The van der Waals surface area contributed by atoms with Gasteiger partial charge in [0.05, 0.1) is 35.7 Å². The van der Waals surface area contributed by atoms with Gasteiger partial charge in [-0.3, -0.25) is 9.59 Å². The number of hydrogen-bond acceptors (Lipinski definition) is 18. The van der Waals surface area contributed by atoms with Crippen LogP contribution >= 0.6 is 0 Å². The van der Waals surface area contributed by atoms with Crippen LogP contribution in [-0.4, -0.2) is 121 Å². The molecule has 0 aromatic carbocycles. The van der Waals surface area contributed by atoms with E-state index in [2.05, 4.69) is 23.7 Å². The van der Waals surface area contributed by atoms with Crippen molar-refractivity contribution in [2.45, 2.75) is 49.5 Å². The van der Waals surface area contributed by atoms with Crippen molar-refractivity contribution in [3.63, 3.8) is 0 Å². The molecule has 0 bridgehead atoms. The van der Waals surface area contributed by atoms with E-state index in [-0.39, 0.29) is 55.7 Å². The summed E-state index contributed by atoms with van der Waals surface area (Å²) in [4.78, 5) is 31.6. The molecule has 0 amide bonds. The minimum absolute atomic E-state index is 0. The summed E-state index contributed by atoms with van der Waals surface area (Å²) >= 11 is 0. The molecular formula is C20H43O18S3-3. The Morgan fingerprint density at radius 2 is 1.00 bits per heavy atom. The fraction of sp³-hybridized carbons (Fsp3) is 0.850. The Morgan fingerprint density at radius 3 is 1.34 bits per heavy atom. The topological polar surface area (TPSA) is 278 Å². The first-order valence-electron chi connectivity index (χ1n) is 10.4. The summed E-state index contributed by atoms with van der Waals surface area (Å²) < 4.78 is 117. The number of rotatable bonds is 17. The molecule has 0 aromatic rings. The largest absolute Gasteiger partial charge is 0.748 e. The second-order valence-corrected chi connectivity index (χ2v) is 10.5. The molecule has 0 aliphatic heterocycles. The van der Waals surface area contributed by atoms with E-state index in [4.69, 9.17) is 4.74 Å². The Morgan fingerprint density at radius 1 is 0.561 bits per heavy atom. The molecule has 41 heavy (non-hydrogen) atoms. The molecule has 0 saturated heterocycles. The summed E-state index contributed by atoms with van der Waals surface area (Å²) in [5.41, 5.74) is 0. The summed E-state index contributed by atoms with van der Waals surface area (Å²) in [6, 6.07) is 0. The fourth-order valence-electron chi connectivity index (χ4n) is 1.39. The third-order valence-electron chi connectivity index (χ3n) is 2.75. The van der Waals surface area contributed by atoms with Crippen LogP contribution in [0.3, 0.4) is 0 Å². The molecule has 0 unspecified atom stereocenters. The smallest absolute Gasteiger partial charge is 0.332 e. The average Bonchev–Trinajstić information content (AvgIpc) is 2.73. The lowest BCUT2D eigenvalue weighted by Crippen LogP contribution is -2.19. The first-order chi connectivity index (χ1) is 17.4. The van der Waals surface area contributed by atoms with Crippen molar-refractivity contribution in [3.8, 4) is 0 Å². The van der Waals surface area contributed by atoms with Gasteiger partial charge in [0.1, 0.15) is 38.3 Å². The third-order valence-corrected chi connectivity index (χ3v) is 4.60. The van der Waals surface area contributed by atoms with E-state index in [9.17, 15) is 53.3 Å². The lowest BCUT2D eigenvalue weighted by molar-refractivity contribution is -0.154. The molecular weight excluding hydrogens is 624 g/mol. The molecule has 0 spiro atoms. The lowest BCUT2D eigenvalue weighted by atomic mass is 10.5. The minimum Gasteiger partial charge on any atom is -0.748 e. The van der Waals surface area contributed by atoms with Crippen LogP contribution in [0, 0.1) is 0 Å². The van der Waals surface area contributed by atoms with E-state index in [0.29, 0.717) is 13.2 Å². The molecule has 252 valence electrons. The van der Waals surface area contributed by atoms with Crippen molar-refractivity contribution < 1.29 is 81.7 Å². The van der Waals surface area contributed by atoms with Gasteiger partial charge in [-0.1, -0.05) is 29.2 Å². The van der Waals surface area contributed by atoms with Gasteiger partial charge in [-0.15, -0.1) is 0 Å². The SMILES string of the molecule is C.C.C.CCCOCOC(=O)CS(=O)(=O)[O-].CCOC(=O)COCCS(=O)(=O)[O-].CCOCOC(=O)CS(=O)(=O)[O-]. The Labute approximate surface area is 243 Å². The molecule has 0 radical (unpaired) electrons. The molecule has 0 aliphatic rings. The highest BCUT2D eigenvalue weighted by atomic mass is 32.2. The van der Waals surface area contributed by atoms with Gasteiger partial charge in [-0.25, -0.2) is 30.0 Å². The van der Waals surface area contributed by atoms with Crippen molar-refractivity contribution >= 4 is 48.3 Å². The van der Waals surface area contributed by atoms with Crippen LogP contribution in [0.15, 0.2) is 0 Å². The van der Waals surface area contributed by atoms with Crippen LogP contribution in [0.5, 0.6) is 0 Å². The van der Waals surface area contributed by atoms with Crippen molar-refractivity contribution in [1.82, 2.24) is 0 Å². The van der Waals surface area contributed by atoms with E-state index in [1.807, 2.05) is 6.92 Å². The summed E-state index contributed by atoms with van der Waals surface area (Å²) in [5.74, 6) is -5.70. The first kappa shape index (κ1) is 51.7. The maximum Gasteiger partial charge on any atom is 0.332 e. The van der Waals surface area contributed by atoms with Crippen LogP contribution in [0.25, 0.3) is 0 Å². The van der Waals surface area contributed by atoms with Gasteiger partial charge >= 0.3 is 17.9 Å². The Hall–Kier alpha value is -1.98. The van der Waals surface area contributed by atoms with E-state index in [1.54, 1.807) is 13.8 Å². The minimum atomic E-state index is -4.55. The van der Waals surface area contributed by atoms with E-state index in [0.717, 1.165) is 6.42 Å².